The van der Waals surface area contributed by atoms with Gasteiger partial charge in [-0.05, 0) is 49.1 Å². The number of hydroxylamine groups is 1. The first-order valence-corrected chi connectivity index (χ1v) is 12.0. The van der Waals surface area contributed by atoms with Gasteiger partial charge in [-0.25, -0.2) is 10.3 Å². The molecule has 1 heterocycles. The van der Waals surface area contributed by atoms with E-state index in [2.05, 4.69) is 16.0 Å². The molecule has 0 aliphatic carbocycles. The normalized spacial score (nSPS) is 19.3. The second kappa shape index (κ2) is 13.0. The Morgan fingerprint density at radius 3 is 2.34 bits per heavy atom. The molecule has 6 N–H and O–H groups in total. The van der Waals surface area contributed by atoms with Gasteiger partial charge in [0.15, 0.2) is 5.66 Å². The number of carbonyl (C=O) groups excluding carboxylic acids is 2. The molecule has 1 aliphatic rings. The van der Waals surface area contributed by atoms with Crippen LogP contribution in [0.25, 0.3) is 0 Å². The maximum absolute atomic E-state index is 12.3. The van der Waals surface area contributed by atoms with Gasteiger partial charge in [-0.3, -0.25) is 25.4 Å². The summed E-state index contributed by atoms with van der Waals surface area (Å²) in [5.41, 5.74) is 2.85. The number of carbonyl (C=O) groups is 3. The van der Waals surface area contributed by atoms with E-state index in [1.165, 1.54) is 0 Å². The Kier molecular flexibility index (Phi) is 9.77. The maximum atomic E-state index is 12.3. The second-order valence-electron chi connectivity index (χ2n) is 8.84. The third kappa shape index (κ3) is 7.35. The number of anilines is 1. The lowest BCUT2D eigenvalue weighted by Gasteiger charge is -2.33. The van der Waals surface area contributed by atoms with Crippen LogP contribution in [0.3, 0.4) is 0 Å². The molecule has 1 aliphatic heterocycles. The smallest absolute Gasteiger partial charge is 0.339 e. The van der Waals surface area contributed by atoms with Gasteiger partial charge in [-0.2, -0.15) is 0 Å². The summed E-state index contributed by atoms with van der Waals surface area (Å²) in [5.74, 6) is -1.63. The van der Waals surface area contributed by atoms with Crippen LogP contribution in [0.15, 0.2) is 54.6 Å². The van der Waals surface area contributed by atoms with Crippen molar-refractivity contribution in [3.8, 4) is 0 Å². The van der Waals surface area contributed by atoms with Crippen LogP contribution < -0.4 is 21.4 Å². The van der Waals surface area contributed by atoms with Crippen molar-refractivity contribution >= 4 is 23.5 Å². The average molecular weight is 483 g/mol. The molecule has 3 rings (SSSR count). The molecule has 2 atom stereocenters. The lowest BCUT2D eigenvalue weighted by molar-refractivity contribution is -0.146. The number of carboxylic acid groups (broad SMARTS) is 1. The van der Waals surface area contributed by atoms with Gasteiger partial charge in [0.25, 0.3) is 0 Å². The predicted octanol–water partition coefficient (Wildman–Crippen LogP) is 3.12. The van der Waals surface area contributed by atoms with Gasteiger partial charge in [0.1, 0.15) is 0 Å². The van der Waals surface area contributed by atoms with Gasteiger partial charge in [-0.15, -0.1) is 0 Å². The number of amides is 2. The predicted molar refractivity (Wildman–Crippen MR) is 132 cm³/mol. The summed E-state index contributed by atoms with van der Waals surface area (Å²) < 4.78 is 0. The number of unbranched alkanes of at least 4 members (excludes halogenated alkanes) is 3. The minimum absolute atomic E-state index is 0.0909. The summed E-state index contributed by atoms with van der Waals surface area (Å²) in [4.78, 5) is 35.6. The van der Waals surface area contributed by atoms with Crippen LogP contribution in [0, 0.1) is 0 Å². The summed E-state index contributed by atoms with van der Waals surface area (Å²) >= 11 is 0. The summed E-state index contributed by atoms with van der Waals surface area (Å²) in [7, 11) is 0. The number of carboxylic acids is 1. The number of benzene rings is 2. The van der Waals surface area contributed by atoms with Gasteiger partial charge >= 0.3 is 5.97 Å². The van der Waals surface area contributed by atoms with E-state index in [-0.39, 0.29) is 18.2 Å². The minimum atomic E-state index is -1.27. The van der Waals surface area contributed by atoms with Crippen molar-refractivity contribution in [1.29, 1.82) is 0 Å². The topological polar surface area (TPSA) is 140 Å². The first-order valence-electron chi connectivity index (χ1n) is 12.0. The average Bonchev–Trinajstić information content (AvgIpc) is 3.31. The van der Waals surface area contributed by atoms with E-state index in [9.17, 15) is 19.5 Å². The van der Waals surface area contributed by atoms with E-state index in [1.54, 1.807) is 5.48 Å². The van der Waals surface area contributed by atoms with Gasteiger partial charge < -0.3 is 10.4 Å². The fourth-order valence-corrected chi connectivity index (χ4v) is 4.55. The lowest BCUT2D eigenvalue weighted by Crippen LogP contribution is -2.61. The Labute approximate surface area is 205 Å². The highest BCUT2D eigenvalue weighted by Crippen LogP contribution is 2.35. The molecular weight excluding hydrogens is 448 g/mol. The highest BCUT2D eigenvalue weighted by Gasteiger charge is 2.49. The molecule has 1 fully saturated rings. The fourth-order valence-electron chi connectivity index (χ4n) is 4.55. The maximum Gasteiger partial charge on any atom is 0.339 e. The van der Waals surface area contributed by atoms with Gasteiger partial charge in [0.2, 0.25) is 11.8 Å². The highest BCUT2D eigenvalue weighted by molar-refractivity contribution is 5.90. The zero-order valence-corrected chi connectivity index (χ0v) is 19.8. The Morgan fingerprint density at radius 1 is 0.943 bits per heavy atom. The zero-order valence-electron chi connectivity index (χ0n) is 19.8. The molecule has 1 unspecified atom stereocenters. The summed E-state index contributed by atoms with van der Waals surface area (Å²) in [6.07, 6.45) is 4.37. The highest BCUT2D eigenvalue weighted by atomic mass is 16.5. The molecule has 0 saturated carbocycles. The van der Waals surface area contributed by atoms with Crippen LogP contribution in [0.4, 0.5) is 5.69 Å². The third-order valence-corrected chi connectivity index (χ3v) is 6.36. The standard InChI is InChI=1S/C26H34N4O5/c31-23(13-6-1-2-7-14-24(32)30-35)29-21-12-8-9-19(17-21)18-28-26(25(33)34)22(15-16-27-26)20-10-4-3-5-11-20/h3-5,8-12,17,22,27-28,35H,1-2,6-7,13-16,18H2,(H,29,31)(H,30,32)(H,33,34)/t22?,26-/m0/s1. The van der Waals surface area contributed by atoms with Crippen LogP contribution >= 0.6 is 0 Å². The van der Waals surface area contributed by atoms with Gasteiger partial charge in [-0.1, -0.05) is 55.3 Å². The van der Waals surface area contributed by atoms with Crippen molar-refractivity contribution in [2.75, 3.05) is 11.9 Å². The Morgan fingerprint density at radius 2 is 1.66 bits per heavy atom. The molecule has 1 saturated heterocycles. The van der Waals surface area contributed by atoms with Crippen molar-refractivity contribution in [2.45, 2.75) is 63.1 Å². The quantitative estimate of drug-likeness (QED) is 0.146. The largest absolute Gasteiger partial charge is 0.479 e. The van der Waals surface area contributed by atoms with Crippen LogP contribution in [-0.2, 0) is 20.9 Å². The molecule has 2 amide bonds. The van der Waals surface area contributed by atoms with Crippen LogP contribution in [0.5, 0.6) is 0 Å². The van der Waals surface area contributed by atoms with E-state index in [4.69, 9.17) is 5.21 Å². The summed E-state index contributed by atoms with van der Waals surface area (Å²) in [6, 6.07) is 17.1. The SMILES string of the molecule is O=C(CCCCCCC(=O)Nc1cccc(CN[C@@]2(C(=O)O)NCCC2c2ccccc2)c1)NO. The van der Waals surface area contributed by atoms with Crippen molar-refractivity contribution in [1.82, 2.24) is 16.1 Å². The molecule has 0 bridgehead atoms. The molecule has 0 aromatic heterocycles. The molecule has 2 aromatic rings. The van der Waals surface area contributed by atoms with Crippen LogP contribution in [-0.4, -0.2) is 40.3 Å². The minimum Gasteiger partial charge on any atom is -0.479 e. The number of aliphatic carboxylic acids is 1. The molecule has 9 nitrogen and oxygen atoms in total. The fraction of sp³-hybridized carbons (Fsp3) is 0.423. The van der Waals surface area contributed by atoms with Crippen molar-refractivity contribution in [2.24, 2.45) is 0 Å². The van der Waals surface area contributed by atoms with E-state index in [1.807, 2.05) is 54.6 Å². The Balaban J connectivity index is 1.52. The number of hydrogen-bond donors (Lipinski definition) is 6. The Hall–Kier alpha value is -3.27. The molecule has 9 heteroatoms. The van der Waals surface area contributed by atoms with Crippen LogP contribution in [0.1, 0.15) is 62.0 Å². The van der Waals surface area contributed by atoms with Crippen molar-refractivity contribution in [3.05, 3.63) is 65.7 Å². The third-order valence-electron chi connectivity index (χ3n) is 6.36. The first kappa shape index (κ1) is 26.3. The van der Waals surface area contributed by atoms with Crippen LogP contribution in [0.2, 0.25) is 0 Å². The van der Waals surface area contributed by atoms with Crippen molar-refractivity contribution < 1.29 is 24.7 Å². The summed E-state index contributed by atoms with van der Waals surface area (Å²) in [5, 5.41) is 27.9. The van der Waals surface area contributed by atoms with E-state index in [0.29, 0.717) is 44.5 Å². The summed E-state index contributed by atoms with van der Waals surface area (Å²) in [6.45, 7) is 0.928. The van der Waals surface area contributed by atoms with E-state index >= 15 is 0 Å². The molecule has 0 spiro atoms. The molecule has 188 valence electrons. The molecular formula is C26H34N4O5. The Bertz CT molecular complexity index is 1000. The van der Waals surface area contributed by atoms with Gasteiger partial charge in [0.05, 0.1) is 0 Å². The van der Waals surface area contributed by atoms with Crippen molar-refractivity contribution in [3.63, 3.8) is 0 Å². The first-order chi connectivity index (χ1) is 16.9. The monoisotopic (exact) mass is 482 g/mol. The number of hydrogen-bond acceptors (Lipinski definition) is 6. The second-order valence-corrected chi connectivity index (χ2v) is 8.84. The molecule has 35 heavy (non-hydrogen) atoms. The lowest BCUT2D eigenvalue weighted by atomic mass is 9.86. The molecule has 0 radical (unpaired) electrons. The zero-order chi connectivity index (χ0) is 25.1. The number of rotatable bonds is 13. The van der Waals surface area contributed by atoms with E-state index < -0.39 is 17.5 Å². The van der Waals surface area contributed by atoms with E-state index in [0.717, 1.165) is 24.0 Å². The molecule has 2 aromatic carbocycles. The number of nitrogens with one attached hydrogen (secondary N) is 4. The van der Waals surface area contributed by atoms with Gasteiger partial charge in [0, 0.05) is 31.0 Å².